The van der Waals surface area contributed by atoms with E-state index in [9.17, 15) is 14.4 Å². The Labute approximate surface area is 565 Å². The molecule has 0 N–H and O–H groups in total. The van der Waals surface area contributed by atoms with Gasteiger partial charge in [-0.25, -0.2) is 0 Å². The molecule has 6 aliphatic heterocycles. The van der Waals surface area contributed by atoms with Crippen LogP contribution >= 0.6 is 23.2 Å². The van der Waals surface area contributed by atoms with Crippen LogP contribution in [-0.4, -0.2) is 158 Å². The average Bonchev–Trinajstić information content (AvgIpc) is 1.62. The zero-order chi connectivity index (χ0) is 66.5. The van der Waals surface area contributed by atoms with Gasteiger partial charge in [0.25, 0.3) is 11.8 Å². The fourth-order valence-electron chi connectivity index (χ4n) is 14.2. The van der Waals surface area contributed by atoms with Gasteiger partial charge in [-0.3, -0.25) is 19.2 Å². The van der Waals surface area contributed by atoms with Crippen LogP contribution < -0.4 is 14.7 Å². The summed E-state index contributed by atoms with van der Waals surface area (Å²) in [6.45, 7) is 25.2. The molecule has 0 saturated carbocycles. The fourth-order valence-corrected chi connectivity index (χ4v) is 14.6. The minimum Gasteiger partial charge on any atom is -0.379 e. The average molecular weight is 1310 g/mol. The largest absolute Gasteiger partial charge is 0.379 e. The molecule has 2 saturated heterocycles. The van der Waals surface area contributed by atoms with Crippen molar-refractivity contribution in [1.29, 1.82) is 0 Å². The Kier molecular flexibility index (Phi) is 20.5. The summed E-state index contributed by atoms with van der Waals surface area (Å²) in [5.74, 6) is 0.129. The topological polar surface area (TPSA) is 104 Å². The number of nitrogens with zero attached hydrogens (tertiary/aromatic N) is 8. The second kappa shape index (κ2) is 28.6. The molecule has 5 aromatic carbocycles. The minimum atomic E-state index is -0.344. The van der Waals surface area contributed by atoms with Gasteiger partial charge in [-0.05, 0) is 106 Å². The third-order valence-corrected chi connectivity index (χ3v) is 20.2. The molecule has 3 amide bonds. The molecule has 0 aromatic heterocycles. The van der Waals surface area contributed by atoms with E-state index in [4.69, 9.17) is 37.5 Å². The first-order valence-corrected chi connectivity index (χ1v) is 33.7. The molecule has 7 aliphatic rings. The van der Waals surface area contributed by atoms with Crippen molar-refractivity contribution in [3.8, 4) is 0 Å². The summed E-state index contributed by atoms with van der Waals surface area (Å²) in [4.78, 5) is 56.6. The van der Waals surface area contributed by atoms with Crippen molar-refractivity contribution in [1.82, 2.24) is 14.9 Å². The highest BCUT2D eigenvalue weighted by molar-refractivity contribution is 6.30. The van der Waals surface area contributed by atoms with Gasteiger partial charge in [-0.2, -0.15) is 14.2 Å². The number of carbonyl (C=O) groups is 3. The van der Waals surface area contributed by atoms with Crippen molar-refractivity contribution >= 4 is 80.8 Å². The van der Waals surface area contributed by atoms with Crippen LogP contribution in [0.25, 0.3) is 0 Å². The molecule has 2 fully saturated rings. The van der Waals surface area contributed by atoms with Crippen LogP contribution in [0.2, 0.25) is 5.02 Å². The summed E-state index contributed by atoms with van der Waals surface area (Å²) in [7, 11) is 3.66. The van der Waals surface area contributed by atoms with Gasteiger partial charge in [0.15, 0.2) is 11.4 Å². The van der Waals surface area contributed by atoms with Gasteiger partial charge >= 0.3 is 0 Å². The number of hydroxylamine groups is 2. The fraction of sp³-hybridized carbons (Fsp3) is 0.372. The smallest absolute Gasteiger partial charge is 0.292 e. The third kappa shape index (κ3) is 13.9. The second-order valence-corrected chi connectivity index (χ2v) is 28.0. The zero-order valence-corrected chi connectivity index (χ0v) is 57.7. The second-order valence-electron chi connectivity index (χ2n) is 27.0. The Morgan fingerprint density at radius 1 is 0.596 bits per heavy atom. The molecule has 1 aliphatic carbocycles. The molecule has 0 bridgehead atoms. The van der Waals surface area contributed by atoms with Crippen LogP contribution in [0.1, 0.15) is 78.5 Å². The van der Waals surface area contributed by atoms with Gasteiger partial charge in [0, 0.05) is 132 Å². The number of fused-ring (bicyclic) bond motifs is 3. The summed E-state index contributed by atoms with van der Waals surface area (Å²) >= 11 is 13.1. The number of alkyl halides is 1. The van der Waals surface area contributed by atoms with Gasteiger partial charge in [-0.15, -0.1) is 11.6 Å². The first kappa shape index (κ1) is 67.5. The first-order valence-electron chi connectivity index (χ1n) is 32.9. The molecular formula is C78H90Cl2N8O6+2. The van der Waals surface area contributed by atoms with Crippen LogP contribution in [0, 0.1) is 5.41 Å². The maximum atomic E-state index is 13.6. The van der Waals surface area contributed by atoms with Crippen molar-refractivity contribution < 1.29 is 37.8 Å². The summed E-state index contributed by atoms with van der Waals surface area (Å²) in [6.07, 6.45) is 22.0. The summed E-state index contributed by atoms with van der Waals surface area (Å²) in [5, 5.41) is 2.69. The standard InChI is InChI=1S/C43H45N4O2.C35H45Cl2N4O4/c1-42(2)34-24-16-18-26-36(34)46(30-40(48)44(5)32-20-10-7-11-21-32)38(42)28-14-9-15-29-39-43(3,4)35-25-17-19-27-37(35)47(39)31-41(49)45(6)33-22-12-8-13-23-33;1-34(2)27-22-25(36)8-10-29(27)40(16-21-45-39-14-19-44-20-15-39)31(34)6-5-7-32-35(3,4)28-23-26(37)9-11-30(28)41(32)24-33(42)38-12-17-43-18-13-38/h7-29H,30-31H2,1-6H3;5-11,23,25H,12-22,24H2,1-4H3/q2*+1. The van der Waals surface area contributed by atoms with E-state index >= 15 is 0 Å². The van der Waals surface area contributed by atoms with Gasteiger partial charge < -0.3 is 34.0 Å². The Morgan fingerprint density at radius 3 is 1.83 bits per heavy atom. The minimum absolute atomic E-state index is 0.0119. The summed E-state index contributed by atoms with van der Waals surface area (Å²) in [6, 6.07) is 42.1. The number of ether oxygens (including phenoxy) is 2. The number of anilines is 3. The molecule has 490 valence electrons. The predicted octanol–water partition coefficient (Wildman–Crippen LogP) is 13.6. The van der Waals surface area contributed by atoms with Crippen molar-refractivity contribution in [2.45, 2.75) is 83.4 Å². The molecule has 94 heavy (non-hydrogen) atoms. The van der Waals surface area contributed by atoms with E-state index in [0.29, 0.717) is 51.1 Å². The lowest BCUT2D eigenvalue weighted by molar-refractivity contribution is -0.426. The molecular weight excluding hydrogens is 1220 g/mol. The maximum Gasteiger partial charge on any atom is 0.292 e. The number of likely N-dealkylation sites (N-methyl/N-ethyl adjacent to an activating group) is 2. The van der Waals surface area contributed by atoms with Gasteiger partial charge in [-0.1, -0.05) is 142 Å². The number of halogens is 2. The normalized spacial score (nSPS) is 21.0. The number of morpholine rings is 2. The van der Waals surface area contributed by atoms with E-state index in [1.54, 1.807) is 9.80 Å². The number of allylic oxidation sites excluding steroid dienone is 12. The number of hydrogen-bond acceptors (Lipinski definition) is 9. The van der Waals surface area contributed by atoms with Gasteiger partial charge in [0.1, 0.15) is 6.54 Å². The van der Waals surface area contributed by atoms with E-state index in [1.807, 2.05) is 133 Å². The van der Waals surface area contributed by atoms with E-state index in [2.05, 4.69) is 153 Å². The molecule has 14 nitrogen and oxygen atoms in total. The van der Waals surface area contributed by atoms with Crippen LogP contribution in [0.3, 0.4) is 0 Å². The zero-order valence-electron chi connectivity index (χ0n) is 56.2. The SMILES string of the molecule is CC1(C)C2=C(C=CC(Cl)C2)N(CCON2CCOCC2)/C1=C/C=C/C1=[N+](CC(=O)N2CCOCC2)c2ccc(Cl)cc2C1(C)C.CN(C(=O)CN1/C(=C/C=C/C=C/C2=[N+](CC(=O)N(C)c3ccccc3)c3ccccc3C2(C)C)C(C)(C)c2ccccc21)c1ccccc1. The highest BCUT2D eigenvalue weighted by Crippen LogP contribution is 2.52. The van der Waals surface area contributed by atoms with Crippen LogP contribution in [-0.2, 0) is 44.9 Å². The van der Waals surface area contributed by atoms with Gasteiger partial charge in [0.05, 0.1) is 49.2 Å². The Bertz CT molecular complexity index is 3960. The Morgan fingerprint density at radius 2 is 1.15 bits per heavy atom. The first-order chi connectivity index (χ1) is 45.1. The quantitative estimate of drug-likeness (QED) is 0.0511. The number of rotatable bonds is 17. The van der Waals surface area contributed by atoms with Gasteiger partial charge in [0.2, 0.25) is 30.4 Å². The number of para-hydroxylation sites is 4. The molecule has 6 heterocycles. The molecule has 0 radical (unpaired) electrons. The molecule has 5 aromatic rings. The number of hydrogen-bond donors (Lipinski definition) is 0. The van der Waals surface area contributed by atoms with E-state index < -0.39 is 0 Å². The lowest BCUT2D eigenvalue weighted by atomic mass is 9.79. The highest BCUT2D eigenvalue weighted by atomic mass is 35.5. The van der Waals surface area contributed by atoms with Crippen molar-refractivity contribution in [2.24, 2.45) is 5.41 Å². The Hall–Kier alpha value is -7.95. The van der Waals surface area contributed by atoms with Crippen molar-refractivity contribution in [3.63, 3.8) is 0 Å². The van der Waals surface area contributed by atoms with Crippen LogP contribution in [0.15, 0.2) is 211 Å². The maximum absolute atomic E-state index is 13.6. The van der Waals surface area contributed by atoms with E-state index in [-0.39, 0.29) is 64.4 Å². The molecule has 1 atom stereocenters. The lowest BCUT2D eigenvalue weighted by Crippen LogP contribution is -2.44. The monoisotopic (exact) mass is 1300 g/mol. The third-order valence-electron chi connectivity index (χ3n) is 19.7. The lowest BCUT2D eigenvalue weighted by Gasteiger charge is -2.30. The predicted molar refractivity (Wildman–Crippen MR) is 380 cm³/mol. The van der Waals surface area contributed by atoms with Crippen molar-refractivity contribution in [2.75, 3.05) is 114 Å². The van der Waals surface area contributed by atoms with Crippen LogP contribution in [0.4, 0.5) is 28.4 Å². The molecule has 16 heteroatoms. The molecule has 12 rings (SSSR count). The Balaban J connectivity index is 0.000000192. The molecule has 1 unspecified atom stereocenters. The van der Waals surface area contributed by atoms with E-state index in [1.165, 1.54) is 28.1 Å². The summed E-state index contributed by atoms with van der Waals surface area (Å²) in [5.41, 5.74) is 14.2. The van der Waals surface area contributed by atoms with Crippen LogP contribution in [0.5, 0.6) is 0 Å². The van der Waals surface area contributed by atoms with E-state index in [0.717, 1.165) is 77.2 Å². The number of amides is 3. The van der Waals surface area contributed by atoms with Crippen molar-refractivity contribution in [3.05, 3.63) is 233 Å². The molecule has 0 spiro atoms. The number of carbonyl (C=O) groups excluding carboxylic acids is 3. The number of benzene rings is 5. The summed E-state index contributed by atoms with van der Waals surface area (Å²) < 4.78 is 15.3. The highest BCUT2D eigenvalue weighted by Gasteiger charge is 2.48.